The molecule has 2 nitrogen and oxygen atoms in total. The van der Waals surface area contributed by atoms with Crippen molar-refractivity contribution in [1.82, 2.24) is 0 Å². The zero-order chi connectivity index (χ0) is 13.1. The Balaban J connectivity index is 3.02. The van der Waals surface area contributed by atoms with E-state index in [1.54, 1.807) is 6.08 Å². The van der Waals surface area contributed by atoms with Gasteiger partial charge >= 0.3 is 0 Å². The quantitative estimate of drug-likeness (QED) is 0.747. The molecular weight excluding hydrogens is 232 g/mol. The van der Waals surface area contributed by atoms with E-state index in [1.165, 1.54) is 11.8 Å². The smallest absolute Gasteiger partial charge is 0.220 e. The monoisotopic (exact) mass is 252 g/mol. The van der Waals surface area contributed by atoms with E-state index in [0.717, 1.165) is 18.4 Å². The van der Waals surface area contributed by atoms with Crippen molar-refractivity contribution in [2.24, 2.45) is 0 Å². The lowest BCUT2D eigenvalue weighted by atomic mass is 9.99. The summed E-state index contributed by atoms with van der Waals surface area (Å²) in [6.45, 7) is 9.55. The van der Waals surface area contributed by atoms with E-state index >= 15 is 0 Å². The highest BCUT2D eigenvalue weighted by Crippen LogP contribution is 2.45. The fourth-order valence-electron chi connectivity index (χ4n) is 1.86. The largest absolute Gasteiger partial charge is 0.510 e. The number of thioether (sulfide) groups is 1. The van der Waals surface area contributed by atoms with E-state index < -0.39 is 4.75 Å². The third-order valence-corrected chi connectivity index (χ3v) is 4.08. The minimum atomic E-state index is -0.613. The molecule has 0 amide bonds. The lowest BCUT2D eigenvalue weighted by Crippen LogP contribution is -2.17. The molecule has 1 aliphatic heterocycles. The number of hydrogen-bond acceptors (Lipinski definition) is 3. The van der Waals surface area contributed by atoms with Crippen molar-refractivity contribution >= 4 is 16.9 Å². The van der Waals surface area contributed by atoms with Gasteiger partial charge in [-0.15, -0.1) is 0 Å². The standard InChI is InChI=1S/C14H20O2S/c1-5-7-8-11-12(15)14(4,17-13(11)16)9-10(3)6-2/h6,9,15H,2,5,7-8H2,1,3-4H3/b10-9+/t14-/m1/s1. The molecule has 0 bridgehead atoms. The van der Waals surface area contributed by atoms with Gasteiger partial charge in [-0.25, -0.2) is 0 Å². The molecule has 0 unspecified atom stereocenters. The van der Waals surface area contributed by atoms with Crippen molar-refractivity contribution in [3.05, 3.63) is 35.6 Å². The van der Waals surface area contributed by atoms with Gasteiger partial charge in [-0.2, -0.15) is 0 Å². The average Bonchev–Trinajstić information content (AvgIpc) is 2.48. The molecule has 0 saturated carbocycles. The summed E-state index contributed by atoms with van der Waals surface area (Å²) >= 11 is 1.19. The number of carbonyl (C=O) groups is 1. The molecule has 0 radical (unpaired) electrons. The van der Waals surface area contributed by atoms with Crippen LogP contribution in [0.2, 0.25) is 0 Å². The van der Waals surface area contributed by atoms with Crippen LogP contribution in [0.4, 0.5) is 0 Å². The summed E-state index contributed by atoms with van der Waals surface area (Å²) in [5, 5.41) is 10.2. The van der Waals surface area contributed by atoms with Crippen LogP contribution < -0.4 is 0 Å². The number of allylic oxidation sites excluding steroid dienone is 2. The van der Waals surface area contributed by atoms with Gasteiger partial charge in [0.2, 0.25) is 5.12 Å². The summed E-state index contributed by atoms with van der Waals surface area (Å²) in [6, 6.07) is 0. The predicted octanol–water partition coefficient (Wildman–Crippen LogP) is 4.15. The van der Waals surface area contributed by atoms with Gasteiger partial charge in [0.05, 0.1) is 4.75 Å². The van der Waals surface area contributed by atoms with Gasteiger partial charge in [-0.1, -0.05) is 49.4 Å². The highest BCUT2D eigenvalue weighted by atomic mass is 32.2. The van der Waals surface area contributed by atoms with Gasteiger partial charge in [0, 0.05) is 5.57 Å². The van der Waals surface area contributed by atoms with Crippen LogP contribution in [0.5, 0.6) is 0 Å². The zero-order valence-corrected chi connectivity index (χ0v) is 11.6. The normalized spacial score (nSPS) is 25.6. The van der Waals surface area contributed by atoms with E-state index in [0.29, 0.717) is 12.0 Å². The molecule has 1 atom stereocenters. The van der Waals surface area contributed by atoms with E-state index in [-0.39, 0.29) is 10.9 Å². The molecule has 0 aromatic rings. The topological polar surface area (TPSA) is 37.3 Å². The van der Waals surface area contributed by atoms with Gasteiger partial charge in [0.15, 0.2) is 0 Å². The second-order valence-electron chi connectivity index (χ2n) is 4.52. The molecule has 3 heteroatoms. The van der Waals surface area contributed by atoms with Crippen LogP contribution in [-0.4, -0.2) is 15.0 Å². The van der Waals surface area contributed by atoms with Crippen molar-refractivity contribution < 1.29 is 9.90 Å². The first-order valence-corrected chi connectivity index (χ1v) is 6.74. The van der Waals surface area contributed by atoms with Crippen molar-refractivity contribution in [1.29, 1.82) is 0 Å². The Bertz CT molecular complexity index is 393. The van der Waals surface area contributed by atoms with Crippen LogP contribution in [-0.2, 0) is 4.79 Å². The second-order valence-corrected chi connectivity index (χ2v) is 5.94. The number of unbranched alkanes of at least 4 members (excludes halogenated alkanes) is 1. The molecule has 0 spiro atoms. The summed E-state index contributed by atoms with van der Waals surface area (Å²) in [4.78, 5) is 11.9. The van der Waals surface area contributed by atoms with Crippen molar-refractivity contribution in [2.75, 3.05) is 0 Å². The molecule has 0 fully saturated rings. The fraction of sp³-hybridized carbons (Fsp3) is 0.500. The molecule has 94 valence electrons. The van der Waals surface area contributed by atoms with Crippen LogP contribution in [0.25, 0.3) is 0 Å². The molecule has 1 heterocycles. The fourth-order valence-corrected chi connectivity index (χ4v) is 3.04. The molecular formula is C14H20O2S. The molecule has 17 heavy (non-hydrogen) atoms. The SMILES string of the molecule is C=C/C(C)=C/[C@@]1(C)SC(=O)C(CCCC)=C1O. The zero-order valence-electron chi connectivity index (χ0n) is 10.7. The summed E-state index contributed by atoms with van der Waals surface area (Å²) in [5.41, 5.74) is 1.56. The Kier molecular flexibility index (Phi) is 4.63. The van der Waals surface area contributed by atoms with Crippen molar-refractivity contribution in [3.63, 3.8) is 0 Å². The van der Waals surface area contributed by atoms with Gasteiger partial charge in [0.25, 0.3) is 0 Å². The lowest BCUT2D eigenvalue weighted by molar-refractivity contribution is -0.108. The highest BCUT2D eigenvalue weighted by Gasteiger charge is 2.41. The maximum atomic E-state index is 11.9. The van der Waals surface area contributed by atoms with E-state index in [2.05, 4.69) is 13.5 Å². The number of carbonyl (C=O) groups excluding carboxylic acids is 1. The molecule has 0 aliphatic carbocycles. The van der Waals surface area contributed by atoms with E-state index in [9.17, 15) is 9.90 Å². The summed E-state index contributed by atoms with van der Waals surface area (Å²) in [5.74, 6) is 0.224. The average molecular weight is 252 g/mol. The summed E-state index contributed by atoms with van der Waals surface area (Å²) < 4.78 is -0.613. The predicted molar refractivity (Wildman–Crippen MR) is 74.1 cm³/mol. The first-order valence-electron chi connectivity index (χ1n) is 5.92. The molecule has 1 N–H and O–H groups in total. The van der Waals surface area contributed by atoms with Crippen molar-refractivity contribution in [3.8, 4) is 0 Å². The maximum absolute atomic E-state index is 11.9. The molecule has 0 aromatic carbocycles. The summed E-state index contributed by atoms with van der Waals surface area (Å²) in [7, 11) is 0. The van der Waals surface area contributed by atoms with Gasteiger partial charge in [-0.3, -0.25) is 4.79 Å². The van der Waals surface area contributed by atoms with Crippen LogP contribution in [0, 0.1) is 0 Å². The van der Waals surface area contributed by atoms with Crippen LogP contribution >= 0.6 is 11.8 Å². The number of aliphatic hydroxyl groups is 1. The Hall–Kier alpha value is -0.960. The molecule has 0 saturated heterocycles. The van der Waals surface area contributed by atoms with Crippen LogP contribution in [0.15, 0.2) is 35.6 Å². The minimum absolute atomic E-state index is 0.00608. The lowest BCUT2D eigenvalue weighted by Gasteiger charge is -2.18. The van der Waals surface area contributed by atoms with Gasteiger partial charge < -0.3 is 5.11 Å². The van der Waals surface area contributed by atoms with E-state index in [4.69, 9.17) is 0 Å². The first kappa shape index (κ1) is 14.1. The summed E-state index contributed by atoms with van der Waals surface area (Å²) in [6.07, 6.45) is 6.26. The molecule has 0 aromatic heterocycles. The van der Waals surface area contributed by atoms with Gasteiger partial charge in [-0.05, 0) is 26.7 Å². The Morgan fingerprint density at radius 2 is 2.24 bits per heavy atom. The van der Waals surface area contributed by atoms with Gasteiger partial charge in [0.1, 0.15) is 5.76 Å². The third kappa shape index (κ3) is 3.03. The number of aliphatic hydroxyl groups excluding tert-OH is 1. The minimum Gasteiger partial charge on any atom is -0.510 e. The first-order chi connectivity index (χ1) is 7.94. The Morgan fingerprint density at radius 3 is 2.76 bits per heavy atom. The molecule has 1 aliphatic rings. The third-order valence-electron chi connectivity index (χ3n) is 2.91. The molecule has 1 rings (SSSR count). The van der Waals surface area contributed by atoms with Crippen molar-refractivity contribution in [2.45, 2.75) is 44.8 Å². The highest BCUT2D eigenvalue weighted by molar-refractivity contribution is 8.16. The van der Waals surface area contributed by atoms with Crippen LogP contribution in [0.1, 0.15) is 40.0 Å². The Labute approximate surface area is 107 Å². The number of rotatable bonds is 5. The Morgan fingerprint density at radius 1 is 1.59 bits per heavy atom. The maximum Gasteiger partial charge on any atom is 0.220 e. The van der Waals surface area contributed by atoms with E-state index in [1.807, 2.05) is 19.9 Å². The second kappa shape index (κ2) is 5.58. The number of hydrogen-bond donors (Lipinski definition) is 1. The van der Waals surface area contributed by atoms with Crippen LogP contribution in [0.3, 0.4) is 0 Å².